The molecule has 1 aromatic heterocycles. The van der Waals surface area contributed by atoms with Crippen LogP contribution in [-0.2, 0) is 4.79 Å². The van der Waals surface area contributed by atoms with Crippen LogP contribution in [0, 0.1) is 0 Å². The molecule has 0 aromatic carbocycles. The average molecular weight is 258 g/mol. The summed E-state index contributed by atoms with van der Waals surface area (Å²) in [7, 11) is 0. The number of aliphatic carboxylic acids is 1. The van der Waals surface area contributed by atoms with E-state index < -0.39 is 5.97 Å². The summed E-state index contributed by atoms with van der Waals surface area (Å²) in [6, 6.07) is 2.95. The Kier molecular flexibility index (Phi) is 5.35. The third-order valence-corrected chi connectivity index (χ3v) is 2.17. The summed E-state index contributed by atoms with van der Waals surface area (Å²) in [5.41, 5.74) is 0.188. The standard InChI is InChI=1S/C10H12ClN3O3/c11-8-5-4-7(13-14-8)10(17)12-6-2-1-3-9(15)16/h4-5H,1-3,6H2,(H,12,17)(H,15,16). The van der Waals surface area contributed by atoms with Crippen LogP contribution < -0.4 is 5.32 Å². The minimum Gasteiger partial charge on any atom is -0.481 e. The maximum Gasteiger partial charge on any atom is 0.303 e. The minimum absolute atomic E-state index is 0.108. The summed E-state index contributed by atoms with van der Waals surface area (Å²) in [5, 5.41) is 18.4. The summed E-state index contributed by atoms with van der Waals surface area (Å²) >= 11 is 5.53. The van der Waals surface area contributed by atoms with E-state index in [9.17, 15) is 9.59 Å². The van der Waals surface area contributed by atoms with Crippen molar-refractivity contribution in [2.24, 2.45) is 0 Å². The average Bonchev–Trinajstić information content (AvgIpc) is 2.29. The van der Waals surface area contributed by atoms with E-state index in [-0.39, 0.29) is 23.2 Å². The molecule has 0 unspecified atom stereocenters. The zero-order chi connectivity index (χ0) is 12.7. The number of hydrogen-bond donors (Lipinski definition) is 2. The first-order chi connectivity index (χ1) is 8.09. The molecule has 0 bridgehead atoms. The number of rotatable bonds is 6. The van der Waals surface area contributed by atoms with Crippen molar-refractivity contribution in [1.29, 1.82) is 0 Å². The minimum atomic E-state index is -0.833. The van der Waals surface area contributed by atoms with Crippen molar-refractivity contribution in [3.63, 3.8) is 0 Å². The van der Waals surface area contributed by atoms with E-state index in [1.54, 1.807) is 0 Å². The van der Waals surface area contributed by atoms with Crippen LogP contribution in [0.4, 0.5) is 0 Å². The second-order valence-corrected chi connectivity index (χ2v) is 3.74. The monoisotopic (exact) mass is 257 g/mol. The fraction of sp³-hybridized carbons (Fsp3) is 0.400. The van der Waals surface area contributed by atoms with Crippen LogP contribution >= 0.6 is 11.6 Å². The zero-order valence-electron chi connectivity index (χ0n) is 9.02. The van der Waals surface area contributed by atoms with Gasteiger partial charge in [-0.25, -0.2) is 0 Å². The number of halogens is 1. The van der Waals surface area contributed by atoms with Crippen LogP contribution in [-0.4, -0.2) is 33.7 Å². The number of nitrogens with zero attached hydrogens (tertiary/aromatic N) is 2. The molecule has 0 aliphatic carbocycles. The Morgan fingerprint density at radius 3 is 2.65 bits per heavy atom. The topological polar surface area (TPSA) is 92.2 Å². The molecule has 0 saturated carbocycles. The molecule has 6 nitrogen and oxygen atoms in total. The van der Waals surface area contributed by atoms with Crippen molar-refractivity contribution in [3.8, 4) is 0 Å². The number of carbonyl (C=O) groups excluding carboxylic acids is 1. The molecule has 0 aliphatic heterocycles. The highest BCUT2D eigenvalue weighted by Crippen LogP contribution is 2.02. The zero-order valence-corrected chi connectivity index (χ0v) is 9.78. The molecule has 0 aliphatic rings. The van der Waals surface area contributed by atoms with Gasteiger partial charge in [0.05, 0.1) is 0 Å². The van der Waals surface area contributed by atoms with Crippen molar-refractivity contribution in [2.45, 2.75) is 19.3 Å². The number of carboxylic acids is 1. The first kappa shape index (κ1) is 13.4. The van der Waals surface area contributed by atoms with Gasteiger partial charge in [-0.2, -0.15) is 0 Å². The Labute approximate surface area is 103 Å². The van der Waals surface area contributed by atoms with Crippen molar-refractivity contribution in [2.75, 3.05) is 6.54 Å². The molecule has 0 fully saturated rings. The van der Waals surface area contributed by atoms with Crippen LogP contribution in [0.3, 0.4) is 0 Å². The normalized spacial score (nSPS) is 9.94. The smallest absolute Gasteiger partial charge is 0.303 e. The maximum absolute atomic E-state index is 11.5. The highest BCUT2D eigenvalue weighted by atomic mass is 35.5. The van der Waals surface area contributed by atoms with Gasteiger partial charge in [0.25, 0.3) is 5.91 Å². The lowest BCUT2D eigenvalue weighted by Crippen LogP contribution is -2.25. The van der Waals surface area contributed by atoms with Crippen molar-refractivity contribution in [3.05, 3.63) is 23.0 Å². The third kappa shape index (κ3) is 5.26. The Morgan fingerprint density at radius 1 is 1.29 bits per heavy atom. The summed E-state index contributed by atoms with van der Waals surface area (Å²) in [5.74, 6) is -1.18. The van der Waals surface area contributed by atoms with Gasteiger partial charge in [-0.15, -0.1) is 10.2 Å². The lowest BCUT2D eigenvalue weighted by atomic mass is 10.2. The number of aromatic nitrogens is 2. The molecule has 0 radical (unpaired) electrons. The molecule has 1 aromatic rings. The van der Waals surface area contributed by atoms with Gasteiger partial charge in [0.2, 0.25) is 0 Å². The van der Waals surface area contributed by atoms with Gasteiger partial charge in [-0.05, 0) is 25.0 Å². The van der Waals surface area contributed by atoms with Crippen molar-refractivity contribution >= 4 is 23.5 Å². The van der Waals surface area contributed by atoms with Crippen LogP contribution in [0.15, 0.2) is 12.1 Å². The third-order valence-electron chi connectivity index (χ3n) is 1.97. The first-order valence-corrected chi connectivity index (χ1v) is 5.46. The number of hydrogen-bond acceptors (Lipinski definition) is 4. The largest absolute Gasteiger partial charge is 0.481 e. The summed E-state index contributed by atoms with van der Waals surface area (Å²) in [6.45, 7) is 0.413. The van der Waals surface area contributed by atoms with Gasteiger partial charge < -0.3 is 10.4 Å². The number of nitrogens with one attached hydrogen (secondary N) is 1. The fourth-order valence-corrected chi connectivity index (χ4v) is 1.23. The second-order valence-electron chi connectivity index (χ2n) is 3.35. The molecule has 0 spiro atoms. The quantitative estimate of drug-likeness (QED) is 0.745. The molecule has 0 atom stereocenters. The number of carboxylic acid groups (broad SMARTS) is 1. The van der Waals surface area contributed by atoms with E-state index in [1.165, 1.54) is 12.1 Å². The van der Waals surface area contributed by atoms with Crippen LogP contribution in [0.25, 0.3) is 0 Å². The maximum atomic E-state index is 11.5. The van der Waals surface area contributed by atoms with Crippen molar-refractivity contribution in [1.82, 2.24) is 15.5 Å². The molecule has 1 amide bonds. The van der Waals surface area contributed by atoms with E-state index in [1.807, 2.05) is 0 Å². The van der Waals surface area contributed by atoms with Crippen LogP contribution in [0.5, 0.6) is 0 Å². The van der Waals surface area contributed by atoms with Gasteiger partial charge in [-0.3, -0.25) is 9.59 Å². The fourth-order valence-electron chi connectivity index (χ4n) is 1.13. The molecule has 2 N–H and O–H groups in total. The van der Waals surface area contributed by atoms with E-state index >= 15 is 0 Å². The lowest BCUT2D eigenvalue weighted by molar-refractivity contribution is -0.137. The summed E-state index contributed by atoms with van der Waals surface area (Å²) in [6.07, 6.45) is 1.25. The van der Waals surface area contributed by atoms with E-state index in [2.05, 4.69) is 15.5 Å². The molecule has 0 saturated heterocycles. The number of amides is 1. The Hall–Kier alpha value is -1.69. The van der Waals surface area contributed by atoms with Crippen LogP contribution in [0.1, 0.15) is 29.8 Å². The van der Waals surface area contributed by atoms with Gasteiger partial charge >= 0.3 is 5.97 Å². The Balaban J connectivity index is 2.25. The predicted octanol–water partition coefficient (Wildman–Crippen LogP) is 1.11. The molecular weight excluding hydrogens is 246 g/mol. The highest BCUT2D eigenvalue weighted by molar-refractivity contribution is 6.29. The van der Waals surface area contributed by atoms with Gasteiger partial charge in [-0.1, -0.05) is 11.6 Å². The second kappa shape index (κ2) is 6.80. The first-order valence-electron chi connectivity index (χ1n) is 5.09. The van der Waals surface area contributed by atoms with Gasteiger partial charge in [0.15, 0.2) is 10.8 Å². The van der Waals surface area contributed by atoms with Gasteiger partial charge in [0, 0.05) is 13.0 Å². The highest BCUT2D eigenvalue weighted by Gasteiger charge is 2.06. The summed E-state index contributed by atoms with van der Waals surface area (Å²) in [4.78, 5) is 21.7. The van der Waals surface area contributed by atoms with Crippen molar-refractivity contribution < 1.29 is 14.7 Å². The number of unbranched alkanes of at least 4 members (excludes halogenated alkanes) is 1. The van der Waals surface area contributed by atoms with Crippen LogP contribution in [0.2, 0.25) is 5.15 Å². The van der Waals surface area contributed by atoms with E-state index in [0.29, 0.717) is 19.4 Å². The molecule has 7 heteroatoms. The molecule has 17 heavy (non-hydrogen) atoms. The Bertz CT molecular complexity index is 394. The lowest BCUT2D eigenvalue weighted by Gasteiger charge is -2.03. The van der Waals surface area contributed by atoms with E-state index in [0.717, 1.165) is 0 Å². The molecule has 1 heterocycles. The van der Waals surface area contributed by atoms with Gasteiger partial charge in [0.1, 0.15) is 0 Å². The SMILES string of the molecule is O=C(O)CCCCNC(=O)c1ccc(Cl)nn1. The molecule has 1 rings (SSSR count). The summed E-state index contributed by atoms with van der Waals surface area (Å²) < 4.78 is 0. The number of carbonyl (C=O) groups is 2. The molecule has 92 valence electrons. The Morgan fingerprint density at radius 2 is 2.06 bits per heavy atom. The predicted molar refractivity (Wildman–Crippen MR) is 60.9 cm³/mol. The molecular formula is C10H12ClN3O3. The van der Waals surface area contributed by atoms with E-state index in [4.69, 9.17) is 16.7 Å².